The fourth-order valence-electron chi connectivity index (χ4n) is 3.32. The molecule has 3 aromatic heterocycles. The molecule has 5 rings (SSSR count). The lowest BCUT2D eigenvalue weighted by Crippen LogP contribution is -1.91. The van der Waals surface area contributed by atoms with E-state index in [1.54, 1.807) is 18.3 Å². The Morgan fingerprint density at radius 3 is 2.32 bits per heavy atom. The lowest BCUT2D eigenvalue weighted by Gasteiger charge is -2.07. The molecular weight excluding hydrogens is 375 g/mol. The third-order valence-corrected chi connectivity index (χ3v) is 4.98. The average Bonchev–Trinajstić information content (AvgIpc) is 3.36. The minimum absolute atomic E-state index is 0.266. The molecule has 0 radical (unpaired) electrons. The van der Waals surface area contributed by atoms with Crippen LogP contribution in [0.5, 0.6) is 0 Å². The molecule has 136 valence electrons. The summed E-state index contributed by atoms with van der Waals surface area (Å²) in [6, 6.07) is 18.0. The highest BCUT2D eigenvalue weighted by Crippen LogP contribution is 2.31. The number of H-pyrrole nitrogens is 1. The van der Waals surface area contributed by atoms with Gasteiger partial charge in [0.1, 0.15) is 11.5 Å². The van der Waals surface area contributed by atoms with E-state index in [4.69, 9.17) is 11.6 Å². The Morgan fingerprint density at radius 1 is 0.821 bits per heavy atom. The zero-order chi connectivity index (χ0) is 19.1. The zero-order valence-corrected chi connectivity index (χ0v) is 15.4. The molecular formula is C22H14ClFN4. The van der Waals surface area contributed by atoms with Crippen LogP contribution in [-0.4, -0.2) is 19.6 Å². The van der Waals surface area contributed by atoms with Crippen molar-refractivity contribution in [3.05, 3.63) is 90.1 Å². The van der Waals surface area contributed by atoms with Crippen LogP contribution in [0.15, 0.2) is 79.3 Å². The van der Waals surface area contributed by atoms with Gasteiger partial charge in [-0.1, -0.05) is 23.7 Å². The van der Waals surface area contributed by atoms with Crippen LogP contribution in [0.2, 0.25) is 5.02 Å². The Morgan fingerprint density at radius 2 is 1.54 bits per heavy atom. The number of nitrogens with zero attached hydrogens (tertiary/aromatic N) is 3. The van der Waals surface area contributed by atoms with Gasteiger partial charge in [0.2, 0.25) is 0 Å². The monoisotopic (exact) mass is 388 g/mol. The highest BCUT2D eigenvalue weighted by molar-refractivity contribution is 6.30. The summed E-state index contributed by atoms with van der Waals surface area (Å²) < 4.78 is 15.3. The highest BCUT2D eigenvalue weighted by Gasteiger charge is 2.13. The molecule has 0 fully saturated rings. The number of benzene rings is 2. The van der Waals surface area contributed by atoms with Crippen molar-refractivity contribution in [2.45, 2.75) is 0 Å². The van der Waals surface area contributed by atoms with Crippen LogP contribution in [0, 0.1) is 5.82 Å². The molecule has 0 aliphatic carbocycles. The summed E-state index contributed by atoms with van der Waals surface area (Å²) in [5.41, 5.74) is 6.48. The summed E-state index contributed by atoms with van der Waals surface area (Å²) in [4.78, 5) is 4.50. The Bertz CT molecular complexity index is 1270. The van der Waals surface area contributed by atoms with Gasteiger partial charge in [-0.25, -0.2) is 9.37 Å². The van der Waals surface area contributed by atoms with Crippen molar-refractivity contribution in [1.29, 1.82) is 0 Å². The smallest absolute Gasteiger partial charge is 0.137 e. The number of hydrogen-bond acceptors (Lipinski definition) is 2. The fraction of sp³-hybridized carbons (Fsp3) is 0. The number of nitrogens with one attached hydrogen (secondary N) is 1. The second kappa shape index (κ2) is 6.62. The summed E-state index contributed by atoms with van der Waals surface area (Å²) in [5.74, 6) is -0.266. The largest absolute Gasteiger partial charge is 0.299 e. The van der Waals surface area contributed by atoms with Crippen LogP contribution in [0.25, 0.3) is 39.3 Å². The molecule has 0 aliphatic heterocycles. The normalized spacial score (nSPS) is 11.2. The average molecular weight is 389 g/mol. The van der Waals surface area contributed by atoms with Crippen molar-refractivity contribution in [2.75, 3.05) is 0 Å². The molecule has 28 heavy (non-hydrogen) atoms. The van der Waals surface area contributed by atoms with Crippen LogP contribution in [-0.2, 0) is 0 Å². The molecule has 0 amide bonds. The Hall–Kier alpha value is -3.44. The first-order chi connectivity index (χ1) is 13.7. The summed E-state index contributed by atoms with van der Waals surface area (Å²) >= 11 is 6.01. The third kappa shape index (κ3) is 2.86. The molecule has 0 bridgehead atoms. The van der Waals surface area contributed by atoms with Crippen LogP contribution in [0.3, 0.4) is 0 Å². The SMILES string of the molecule is Fc1ccc(-c2[nH]ncc2-c2ccc3ncc(-c4ccc(Cl)cc4)n3c2)cc1. The van der Waals surface area contributed by atoms with Crippen molar-refractivity contribution < 1.29 is 4.39 Å². The second-order valence-corrected chi connectivity index (χ2v) is 6.90. The maximum Gasteiger partial charge on any atom is 0.137 e. The summed E-state index contributed by atoms with van der Waals surface area (Å²) in [7, 11) is 0. The number of aromatic nitrogens is 4. The second-order valence-electron chi connectivity index (χ2n) is 6.46. The van der Waals surface area contributed by atoms with Crippen LogP contribution in [0.1, 0.15) is 0 Å². The van der Waals surface area contributed by atoms with E-state index in [1.807, 2.05) is 53.2 Å². The number of halogens is 2. The molecule has 0 aliphatic rings. The van der Waals surface area contributed by atoms with Crippen molar-refractivity contribution in [1.82, 2.24) is 19.6 Å². The quantitative estimate of drug-likeness (QED) is 0.421. The van der Waals surface area contributed by atoms with Gasteiger partial charge in [0, 0.05) is 33.5 Å². The molecule has 3 heterocycles. The van der Waals surface area contributed by atoms with Gasteiger partial charge in [-0.2, -0.15) is 5.10 Å². The minimum atomic E-state index is -0.266. The van der Waals surface area contributed by atoms with Crippen molar-refractivity contribution in [3.63, 3.8) is 0 Å². The maximum absolute atomic E-state index is 13.3. The van der Waals surface area contributed by atoms with E-state index >= 15 is 0 Å². The first-order valence-electron chi connectivity index (χ1n) is 8.72. The number of fused-ring (bicyclic) bond motifs is 1. The van der Waals surface area contributed by atoms with Crippen molar-refractivity contribution in [3.8, 4) is 33.6 Å². The zero-order valence-electron chi connectivity index (χ0n) is 14.6. The summed E-state index contributed by atoms with van der Waals surface area (Å²) in [6.45, 7) is 0. The van der Waals surface area contributed by atoms with E-state index in [-0.39, 0.29) is 5.82 Å². The number of pyridine rings is 1. The van der Waals surface area contributed by atoms with Gasteiger partial charge in [0.15, 0.2) is 0 Å². The first kappa shape index (κ1) is 16.7. The van der Waals surface area contributed by atoms with Gasteiger partial charge in [-0.15, -0.1) is 0 Å². The molecule has 0 spiro atoms. The standard InChI is InChI=1S/C22H14ClFN4/c23-17-6-1-14(2-7-17)20-12-25-21-10-5-16(13-28(20)21)19-11-26-27-22(19)15-3-8-18(24)9-4-15/h1-13H,(H,26,27). The van der Waals surface area contributed by atoms with E-state index in [0.29, 0.717) is 5.02 Å². The summed E-state index contributed by atoms with van der Waals surface area (Å²) in [5, 5.41) is 7.91. The van der Waals surface area contributed by atoms with Gasteiger partial charge in [-0.05, 0) is 48.5 Å². The first-order valence-corrected chi connectivity index (χ1v) is 9.09. The van der Waals surface area contributed by atoms with Gasteiger partial charge in [-0.3, -0.25) is 9.50 Å². The number of hydrogen-bond donors (Lipinski definition) is 1. The molecule has 0 unspecified atom stereocenters. The minimum Gasteiger partial charge on any atom is -0.299 e. The van der Waals surface area contributed by atoms with Gasteiger partial charge >= 0.3 is 0 Å². The van der Waals surface area contributed by atoms with Crippen molar-refractivity contribution in [2.24, 2.45) is 0 Å². The van der Waals surface area contributed by atoms with Crippen LogP contribution in [0.4, 0.5) is 4.39 Å². The molecule has 5 aromatic rings. The van der Waals surface area contributed by atoms with E-state index < -0.39 is 0 Å². The number of rotatable bonds is 3. The predicted octanol–water partition coefficient (Wildman–Crippen LogP) is 5.85. The van der Waals surface area contributed by atoms with E-state index in [0.717, 1.165) is 39.3 Å². The van der Waals surface area contributed by atoms with Gasteiger partial charge < -0.3 is 0 Å². The predicted molar refractivity (Wildman–Crippen MR) is 109 cm³/mol. The highest BCUT2D eigenvalue weighted by atomic mass is 35.5. The summed E-state index contributed by atoms with van der Waals surface area (Å²) in [6.07, 6.45) is 5.65. The van der Waals surface area contributed by atoms with E-state index in [1.165, 1.54) is 12.1 Å². The third-order valence-electron chi connectivity index (χ3n) is 4.73. The molecule has 0 atom stereocenters. The Balaban J connectivity index is 1.63. The number of aromatic amines is 1. The van der Waals surface area contributed by atoms with Crippen LogP contribution < -0.4 is 0 Å². The Kier molecular flexibility index (Phi) is 3.95. The maximum atomic E-state index is 13.3. The molecule has 0 saturated carbocycles. The fourth-order valence-corrected chi connectivity index (χ4v) is 3.44. The molecule has 1 N–H and O–H groups in total. The van der Waals surface area contributed by atoms with E-state index in [9.17, 15) is 4.39 Å². The van der Waals surface area contributed by atoms with Crippen LogP contribution >= 0.6 is 11.6 Å². The lowest BCUT2D eigenvalue weighted by molar-refractivity contribution is 0.628. The topological polar surface area (TPSA) is 46.0 Å². The molecule has 0 saturated heterocycles. The number of imidazole rings is 1. The van der Waals surface area contributed by atoms with Gasteiger partial charge in [0.05, 0.1) is 23.8 Å². The Labute approximate surface area is 165 Å². The van der Waals surface area contributed by atoms with Gasteiger partial charge in [0.25, 0.3) is 0 Å². The lowest BCUT2D eigenvalue weighted by atomic mass is 10.0. The van der Waals surface area contributed by atoms with E-state index in [2.05, 4.69) is 15.2 Å². The molecule has 4 nitrogen and oxygen atoms in total. The molecule has 6 heteroatoms. The van der Waals surface area contributed by atoms with Crippen molar-refractivity contribution >= 4 is 17.2 Å². The molecule has 2 aromatic carbocycles.